The Labute approximate surface area is 133 Å². The van der Waals surface area contributed by atoms with Gasteiger partial charge in [-0.2, -0.15) is 0 Å². The van der Waals surface area contributed by atoms with Gasteiger partial charge in [0.25, 0.3) is 0 Å². The summed E-state index contributed by atoms with van der Waals surface area (Å²) in [6.45, 7) is 11.5. The number of hydrogen-bond acceptors (Lipinski definition) is 0. The third-order valence-corrected chi connectivity index (χ3v) is 3.07. The van der Waals surface area contributed by atoms with Crippen LogP contribution in [0.25, 0.3) is 11.1 Å². The quantitative estimate of drug-likeness (QED) is 0.517. The maximum atomic E-state index is 6.28. The molecule has 0 bridgehead atoms. The number of rotatable bonds is 6. The molecule has 0 N–H and O–H groups in total. The second-order valence-corrected chi connectivity index (χ2v) is 4.88. The van der Waals surface area contributed by atoms with Crippen molar-refractivity contribution in [2.45, 2.75) is 13.8 Å². The standard InChI is InChI=1S/C20H21Cl/c1-5-9-16(10-6-2)18-13-19(15-20(21)14-18)17(11-7-3)12-8-4/h5-15H,1,3H2,2,4H3/b10-6-,12-8-,16-9+,17-11+. The van der Waals surface area contributed by atoms with E-state index in [1.807, 2.05) is 62.4 Å². The Kier molecular flexibility index (Phi) is 7.28. The minimum atomic E-state index is 0.710. The summed E-state index contributed by atoms with van der Waals surface area (Å²) in [6, 6.07) is 6.04. The van der Waals surface area contributed by atoms with Gasteiger partial charge in [-0.1, -0.05) is 73.4 Å². The van der Waals surface area contributed by atoms with Crippen molar-refractivity contribution in [3.8, 4) is 0 Å². The average Bonchev–Trinajstić information content (AvgIpc) is 2.46. The molecule has 1 aromatic carbocycles. The summed E-state index contributed by atoms with van der Waals surface area (Å²) in [4.78, 5) is 0. The molecule has 0 saturated carbocycles. The van der Waals surface area contributed by atoms with Gasteiger partial charge in [-0.15, -0.1) is 0 Å². The van der Waals surface area contributed by atoms with Gasteiger partial charge in [0.15, 0.2) is 0 Å². The number of allylic oxidation sites excluding steroid dienone is 10. The van der Waals surface area contributed by atoms with Gasteiger partial charge in [0.1, 0.15) is 0 Å². The molecule has 0 heterocycles. The van der Waals surface area contributed by atoms with Crippen LogP contribution in [0.2, 0.25) is 5.02 Å². The first-order valence-electron chi connectivity index (χ1n) is 6.88. The van der Waals surface area contributed by atoms with E-state index in [2.05, 4.69) is 19.2 Å². The van der Waals surface area contributed by atoms with E-state index in [0.717, 1.165) is 22.3 Å². The lowest BCUT2D eigenvalue weighted by atomic mass is 9.98. The first kappa shape index (κ1) is 17.0. The van der Waals surface area contributed by atoms with Gasteiger partial charge in [-0.3, -0.25) is 0 Å². The summed E-state index contributed by atoms with van der Waals surface area (Å²) in [5.74, 6) is 0. The van der Waals surface area contributed by atoms with Gasteiger partial charge in [0.05, 0.1) is 0 Å². The average molecular weight is 297 g/mol. The molecule has 0 nitrogen and oxygen atoms in total. The highest BCUT2D eigenvalue weighted by atomic mass is 35.5. The first-order valence-corrected chi connectivity index (χ1v) is 7.26. The molecular weight excluding hydrogens is 276 g/mol. The zero-order valence-corrected chi connectivity index (χ0v) is 13.4. The molecule has 0 radical (unpaired) electrons. The molecule has 0 aliphatic heterocycles. The molecule has 0 aliphatic carbocycles. The topological polar surface area (TPSA) is 0 Å². The Balaban J connectivity index is 3.45. The van der Waals surface area contributed by atoms with Crippen molar-refractivity contribution in [3.05, 3.63) is 96.1 Å². The molecule has 0 saturated heterocycles. The highest BCUT2D eigenvalue weighted by molar-refractivity contribution is 6.31. The van der Waals surface area contributed by atoms with Crippen LogP contribution < -0.4 is 0 Å². The molecule has 0 spiro atoms. The van der Waals surface area contributed by atoms with Crippen LogP contribution in [0.1, 0.15) is 25.0 Å². The van der Waals surface area contributed by atoms with Crippen LogP contribution in [0.5, 0.6) is 0 Å². The van der Waals surface area contributed by atoms with Gasteiger partial charge < -0.3 is 0 Å². The number of halogens is 1. The summed E-state index contributed by atoms with van der Waals surface area (Å²) in [5, 5.41) is 0.710. The van der Waals surface area contributed by atoms with Crippen molar-refractivity contribution in [2.75, 3.05) is 0 Å². The molecule has 0 unspecified atom stereocenters. The second kappa shape index (κ2) is 8.99. The molecule has 108 valence electrons. The fourth-order valence-electron chi connectivity index (χ4n) is 2.03. The lowest BCUT2D eigenvalue weighted by molar-refractivity contribution is 1.55. The second-order valence-electron chi connectivity index (χ2n) is 4.44. The van der Waals surface area contributed by atoms with Crippen LogP contribution in [-0.4, -0.2) is 0 Å². The van der Waals surface area contributed by atoms with E-state index in [9.17, 15) is 0 Å². The molecule has 21 heavy (non-hydrogen) atoms. The normalized spacial score (nSPS) is 13.1. The van der Waals surface area contributed by atoms with Crippen LogP contribution in [0.4, 0.5) is 0 Å². The molecule has 1 rings (SSSR count). The first-order chi connectivity index (χ1) is 10.2. The Morgan fingerprint density at radius 1 is 0.857 bits per heavy atom. The molecule has 0 aliphatic rings. The van der Waals surface area contributed by atoms with Crippen molar-refractivity contribution < 1.29 is 0 Å². The predicted octanol–water partition coefficient (Wildman–Crippen LogP) is 6.63. The smallest absolute Gasteiger partial charge is 0.0418 e. The van der Waals surface area contributed by atoms with E-state index >= 15 is 0 Å². The number of hydrogen-bond donors (Lipinski definition) is 0. The maximum absolute atomic E-state index is 6.28. The van der Waals surface area contributed by atoms with Crippen LogP contribution in [0, 0.1) is 0 Å². The Hall–Kier alpha value is -2.05. The summed E-state index contributed by atoms with van der Waals surface area (Å²) < 4.78 is 0. The van der Waals surface area contributed by atoms with Gasteiger partial charge in [0, 0.05) is 5.02 Å². The van der Waals surface area contributed by atoms with E-state index in [4.69, 9.17) is 11.6 Å². The fraction of sp³-hybridized carbons (Fsp3) is 0.100. The minimum absolute atomic E-state index is 0.710. The largest absolute Gasteiger partial charge is 0.0990 e. The SMILES string of the molecule is C=C/C=C(\C=C/C)c1cc(Cl)cc(C(/C=C\C)=C/C=C)c1. The summed E-state index contributed by atoms with van der Waals surface area (Å²) >= 11 is 6.28. The van der Waals surface area contributed by atoms with Crippen LogP contribution >= 0.6 is 11.6 Å². The number of benzene rings is 1. The van der Waals surface area contributed by atoms with Gasteiger partial charge >= 0.3 is 0 Å². The van der Waals surface area contributed by atoms with Crippen LogP contribution in [0.15, 0.2) is 80.0 Å². The molecule has 1 heteroatoms. The van der Waals surface area contributed by atoms with Crippen molar-refractivity contribution >= 4 is 22.7 Å². The molecule has 0 aromatic heterocycles. The Morgan fingerprint density at radius 3 is 1.62 bits per heavy atom. The zero-order valence-electron chi connectivity index (χ0n) is 12.6. The highest BCUT2D eigenvalue weighted by Gasteiger charge is 2.05. The molecule has 0 fully saturated rings. The summed E-state index contributed by atoms with van der Waals surface area (Å²) in [6.07, 6.45) is 15.6. The van der Waals surface area contributed by atoms with E-state index in [-0.39, 0.29) is 0 Å². The highest BCUT2D eigenvalue weighted by Crippen LogP contribution is 2.27. The van der Waals surface area contributed by atoms with Gasteiger partial charge in [-0.05, 0) is 54.3 Å². The molecule has 0 atom stereocenters. The lowest BCUT2D eigenvalue weighted by Gasteiger charge is -2.09. The summed E-state index contributed by atoms with van der Waals surface area (Å²) in [7, 11) is 0. The third-order valence-electron chi connectivity index (χ3n) is 2.85. The minimum Gasteiger partial charge on any atom is -0.0990 e. The predicted molar refractivity (Wildman–Crippen MR) is 97.4 cm³/mol. The van der Waals surface area contributed by atoms with E-state index in [0.29, 0.717) is 5.02 Å². The van der Waals surface area contributed by atoms with Crippen molar-refractivity contribution in [2.24, 2.45) is 0 Å². The Bertz CT molecular complexity index is 573. The Morgan fingerprint density at radius 2 is 1.29 bits per heavy atom. The van der Waals surface area contributed by atoms with Gasteiger partial charge in [0.2, 0.25) is 0 Å². The lowest BCUT2D eigenvalue weighted by Crippen LogP contribution is -1.87. The molecule has 1 aromatic rings. The van der Waals surface area contributed by atoms with Gasteiger partial charge in [-0.25, -0.2) is 0 Å². The monoisotopic (exact) mass is 296 g/mol. The third kappa shape index (κ3) is 5.09. The fourth-order valence-corrected chi connectivity index (χ4v) is 2.27. The maximum Gasteiger partial charge on any atom is 0.0418 e. The van der Waals surface area contributed by atoms with Crippen molar-refractivity contribution in [3.63, 3.8) is 0 Å². The molecule has 0 amide bonds. The van der Waals surface area contributed by atoms with E-state index in [1.54, 1.807) is 12.2 Å². The van der Waals surface area contributed by atoms with Crippen LogP contribution in [-0.2, 0) is 0 Å². The zero-order chi connectivity index (χ0) is 15.7. The van der Waals surface area contributed by atoms with Crippen molar-refractivity contribution in [1.29, 1.82) is 0 Å². The van der Waals surface area contributed by atoms with Crippen LogP contribution in [0.3, 0.4) is 0 Å². The molecular formula is C20H21Cl. The van der Waals surface area contributed by atoms with E-state index in [1.165, 1.54) is 0 Å². The van der Waals surface area contributed by atoms with E-state index < -0.39 is 0 Å². The summed E-state index contributed by atoms with van der Waals surface area (Å²) in [5.41, 5.74) is 4.29. The van der Waals surface area contributed by atoms with Crippen molar-refractivity contribution in [1.82, 2.24) is 0 Å².